The molecule has 4 nitrogen and oxygen atoms in total. The Bertz CT molecular complexity index is 519. The van der Waals surface area contributed by atoms with Gasteiger partial charge in [0, 0.05) is 5.69 Å². The van der Waals surface area contributed by atoms with Crippen LogP contribution in [0.5, 0.6) is 0 Å². The van der Waals surface area contributed by atoms with Crippen LogP contribution >= 0.6 is 0 Å². The molecule has 4 heteroatoms. The van der Waals surface area contributed by atoms with Crippen LogP contribution in [-0.2, 0) is 16.0 Å². The maximum atomic E-state index is 12.2. The third-order valence-corrected chi connectivity index (χ3v) is 3.72. The summed E-state index contributed by atoms with van der Waals surface area (Å²) >= 11 is 0. The molecule has 0 saturated carbocycles. The maximum absolute atomic E-state index is 12.2. The lowest BCUT2D eigenvalue weighted by Crippen LogP contribution is -2.34. The lowest BCUT2D eigenvalue weighted by molar-refractivity contribution is -0.146. The van der Waals surface area contributed by atoms with Crippen LogP contribution in [0.2, 0.25) is 0 Å². The Morgan fingerprint density at radius 3 is 2.30 bits per heavy atom. The molecule has 0 radical (unpaired) electrons. The van der Waals surface area contributed by atoms with E-state index in [1.165, 1.54) is 5.56 Å². The van der Waals surface area contributed by atoms with Crippen LogP contribution < -0.4 is 5.32 Å². The fraction of sp³-hybridized carbons (Fsp3) is 0.375. The zero-order valence-corrected chi connectivity index (χ0v) is 11.5. The van der Waals surface area contributed by atoms with Gasteiger partial charge in [0.15, 0.2) is 0 Å². The molecule has 2 atom stereocenters. The number of nitrogens with one attached hydrogen (secondary N) is 1. The Balaban J connectivity index is 2.06. The smallest absolute Gasteiger partial charge is 0.307 e. The number of rotatable bonds is 4. The Kier molecular flexibility index (Phi) is 4.56. The summed E-state index contributed by atoms with van der Waals surface area (Å²) in [5.74, 6) is -2.25. The molecule has 0 heterocycles. The number of aryl methyl sites for hydroxylation is 1. The van der Waals surface area contributed by atoms with Crippen LogP contribution in [0, 0.1) is 11.8 Å². The SMILES string of the molecule is CCc1ccc(NC(=O)[C@@H]2CC=CC[C@@H]2C(=O)O)cc1. The number of carboxylic acids is 1. The number of amides is 1. The molecule has 1 amide bonds. The van der Waals surface area contributed by atoms with Gasteiger partial charge in [0.05, 0.1) is 11.8 Å². The lowest BCUT2D eigenvalue weighted by atomic mass is 9.82. The van der Waals surface area contributed by atoms with Crippen molar-refractivity contribution in [1.82, 2.24) is 0 Å². The molecule has 0 saturated heterocycles. The normalized spacial score (nSPS) is 21.4. The van der Waals surface area contributed by atoms with Crippen molar-refractivity contribution in [2.45, 2.75) is 26.2 Å². The van der Waals surface area contributed by atoms with E-state index < -0.39 is 17.8 Å². The molecule has 106 valence electrons. The topological polar surface area (TPSA) is 66.4 Å². The van der Waals surface area contributed by atoms with Gasteiger partial charge in [-0.1, -0.05) is 31.2 Å². The van der Waals surface area contributed by atoms with Crippen molar-refractivity contribution in [3.63, 3.8) is 0 Å². The quantitative estimate of drug-likeness (QED) is 0.829. The van der Waals surface area contributed by atoms with Gasteiger partial charge >= 0.3 is 5.97 Å². The third kappa shape index (κ3) is 3.26. The number of anilines is 1. The van der Waals surface area contributed by atoms with Crippen molar-refractivity contribution >= 4 is 17.6 Å². The van der Waals surface area contributed by atoms with Crippen LogP contribution in [0.1, 0.15) is 25.3 Å². The Hall–Kier alpha value is -2.10. The second-order valence-electron chi connectivity index (χ2n) is 5.03. The largest absolute Gasteiger partial charge is 0.481 e. The predicted octanol–water partition coefficient (Wildman–Crippen LogP) is 2.85. The van der Waals surface area contributed by atoms with E-state index in [4.69, 9.17) is 0 Å². The minimum absolute atomic E-state index is 0.217. The van der Waals surface area contributed by atoms with Crippen LogP contribution in [0.3, 0.4) is 0 Å². The van der Waals surface area contributed by atoms with E-state index >= 15 is 0 Å². The lowest BCUT2D eigenvalue weighted by Gasteiger charge is -2.24. The van der Waals surface area contributed by atoms with E-state index in [9.17, 15) is 14.7 Å². The molecule has 0 aliphatic heterocycles. The number of carboxylic acid groups (broad SMARTS) is 1. The van der Waals surface area contributed by atoms with E-state index in [1.807, 2.05) is 36.4 Å². The summed E-state index contributed by atoms with van der Waals surface area (Å²) in [6.45, 7) is 2.07. The molecule has 0 aromatic heterocycles. The van der Waals surface area contributed by atoms with Gasteiger partial charge in [-0.25, -0.2) is 0 Å². The number of allylic oxidation sites excluding steroid dienone is 2. The fourth-order valence-electron chi connectivity index (χ4n) is 2.44. The molecule has 20 heavy (non-hydrogen) atoms. The van der Waals surface area contributed by atoms with Crippen molar-refractivity contribution in [2.75, 3.05) is 5.32 Å². The Labute approximate surface area is 118 Å². The van der Waals surface area contributed by atoms with Gasteiger partial charge in [-0.3, -0.25) is 9.59 Å². The van der Waals surface area contributed by atoms with Crippen molar-refractivity contribution in [3.05, 3.63) is 42.0 Å². The van der Waals surface area contributed by atoms with Gasteiger partial charge in [-0.2, -0.15) is 0 Å². The van der Waals surface area contributed by atoms with Crippen molar-refractivity contribution in [2.24, 2.45) is 11.8 Å². The molecule has 1 aliphatic carbocycles. The van der Waals surface area contributed by atoms with Crippen molar-refractivity contribution < 1.29 is 14.7 Å². The summed E-state index contributed by atoms with van der Waals surface area (Å²) < 4.78 is 0. The first-order chi connectivity index (χ1) is 9.61. The standard InChI is InChI=1S/C16H19NO3/c1-2-11-7-9-12(10-8-11)17-15(18)13-5-3-4-6-14(13)16(19)20/h3-4,7-10,13-14H,2,5-6H2,1H3,(H,17,18)(H,19,20)/t13-,14+/m1/s1. The van der Waals surface area contributed by atoms with Crippen LogP contribution in [0.15, 0.2) is 36.4 Å². The molecule has 0 bridgehead atoms. The number of hydrogen-bond donors (Lipinski definition) is 2. The highest BCUT2D eigenvalue weighted by atomic mass is 16.4. The highest BCUT2D eigenvalue weighted by Crippen LogP contribution is 2.27. The average Bonchev–Trinajstić information content (AvgIpc) is 2.48. The molecular weight excluding hydrogens is 254 g/mol. The van der Waals surface area contributed by atoms with Crippen LogP contribution in [0.25, 0.3) is 0 Å². The summed E-state index contributed by atoms with van der Waals surface area (Å²) in [5.41, 5.74) is 1.91. The van der Waals surface area contributed by atoms with Gasteiger partial charge in [0.2, 0.25) is 5.91 Å². The molecule has 1 aromatic carbocycles. The summed E-state index contributed by atoms with van der Waals surface area (Å²) in [6.07, 6.45) is 5.56. The molecule has 1 aliphatic rings. The zero-order chi connectivity index (χ0) is 14.5. The number of benzene rings is 1. The number of carbonyl (C=O) groups is 2. The van der Waals surface area contributed by atoms with E-state index in [1.54, 1.807) is 0 Å². The zero-order valence-electron chi connectivity index (χ0n) is 11.5. The first-order valence-corrected chi connectivity index (χ1v) is 6.89. The second kappa shape index (κ2) is 6.37. The fourth-order valence-corrected chi connectivity index (χ4v) is 2.44. The molecule has 1 aromatic rings. The van der Waals surface area contributed by atoms with Gasteiger partial charge < -0.3 is 10.4 Å². The van der Waals surface area contributed by atoms with Gasteiger partial charge in [-0.15, -0.1) is 0 Å². The van der Waals surface area contributed by atoms with Gasteiger partial charge in [0.25, 0.3) is 0 Å². The molecule has 0 fully saturated rings. The van der Waals surface area contributed by atoms with Gasteiger partial charge in [0.1, 0.15) is 0 Å². The van der Waals surface area contributed by atoms with E-state index in [0.29, 0.717) is 18.5 Å². The molecule has 2 rings (SSSR count). The molecular formula is C16H19NO3. The average molecular weight is 273 g/mol. The maximum Gasteiger partial charge on any atom is 0.307 e. The number of aliphatic carboxylic acids is 1. The van der Waals surface area contributed by atoms with Crippen molar-refractivity contribution in [1.29, 1.82) is 0 Å². The van der Waals surface area contributed by atoms with Crippen molar-refractivity contribution in [3.8, 4) is 0 Å². The summed E-state index contributed by atoms with van der Waals surface area (Å²) in [6, 6.07) is 7.63. The van der Waals surface area contributed by atoms with E-state index in [2.05, 4.69) is 12.2 Å². The molecule has 0 unspecified atom stereocenters. The highest BCUT2D eigenvalue weighted by Gasteiger charge is 2.33. The highest BCUT2D eigenvalue weighted by molar-refractivity contribution is 5.95. The van der Waals surface area contributed by atoms with E-state index in [-0.39, 0.29) is 5.91 Å². The van der Waals surface area contributed by atoms with Crippen LogP contribution in [0.4, 0.5) is 5.69 Å². The Morgan fingerprint density at radius 2 is 1.75 bits per heavy atom. The molecule has 0 spiro atoms. The third-order valence-electron chi connectivity index (χ3n) is 3.72. The predicted molar refractivity (Wildman–Crippen MR) is 77.4 cm³/mol. The second-order valence-corrected chi connectivity index (χ2v) is 5.03. The minimum atomic E-state index is -0.907. The summed E-state index contributed by atoms with van der Waals surface area (Å²) in [5, 5.41) is 12.0. The Morgan fingerprint density at radius 1 is 1.15 bits per heavy atom. The number of carbonyl (C=O) groups excluding carboxylic acids is 1. The monoisotopic (exact) mass is 273 g/mol. The first-order valence-electron chi connectivity index (χ1n) is 6.89. The van der Waals surface area contributed by atoms with Crippen LogP contribution in [-0.4, -0.2) is 17.0 Å². The summed E-state index contributed by atoms with van der Waals surface area (Å²) in [4.78, 5) is 23.4. The van der Waals surface area contributed by atoms with Gasteiger partial charge in [-0.05, 0) is 37.0 Å². The van der Waals surface area contributed by atoms with E-state index in [0.717, 1.165) is 6.42 Å². The summed E-state index contributed by atoms with van der Waals surface area (Å²) in [7, 11) is 0. The molecule has 2 N–H and O–H groups in total. The first kappa shape index (κ1) is 14.3. The number of hydrogen-bond acceptors (Lipinski definition) is 2. The minimum Gasteiger partial charge on any atom is -0.481 e.